The van der Waals surface area contributed by atoms with Gasteiger partial charge >= 0.3 is 0 Å². The summed E-state index contributed by atoms with van der Waals surface area (Å²) in [5, 5.41) is 11.5. The molecule has 0 spiro atoms. The van der Waals surface area contributed by atoms with Crippen LogP contribution in [-0.4, -0.2) is 25.5 Å². The average Bonchev–Trinajstić information content (AvgIpc) is 3.37. The molecule has 8 heteroatoms. The van der Waals surface area contributed by atoms with E-state index in [1.54, 1.807) is 35.3 Å². The molecule has 0 fully saturated rings. The number of nitrogens with one attached hydrogen (secondary N) is 1. The largest absolute Gasteiger partial charge is 0.319 e. The molecule has 0 saturated heterocycles. The number of hydrogen-bond acceptors (Lipinski definition) is 3. The van der Waals surface area contributed by atoms with Crippen molar-refractivity contribution in [3.05, 3.63) is 101 Å². The van der Waals surface area contributed by atoms with E-state index in [1.165, 1.54) is 16.9 Å². The minimum Gasteiger partial charge on any atom is -0.319 e. The molecular weight excluding hydrogens is 393 g/mol. The fourth-order valence-electron chi connectivity index (χ4n) is 2.96. The number of carbonyl (C=O) groups is 1. The van der Waals surface area contributed by atoms with E-state index in [9.17, 15) is 9.18 Å². The van der Waals surface area contributed by atoms with Crippen LogP contribution in [0.25, 0.3) is 0 Å². The van der Waals surface area contributed by atoms with Gasteiger partial charge in [-0.3, -0.25) is 14.2 Å². The third kappa shape index (κ3) is 4.52. The Balaban J connectivity index is 1.44. The topological polar surface area (TPSA) is 64.7 Å². The second-order valence-electron chi connectivity index (χ2n) is 6.48. The number of carbonyl (C=O) groups excluding carboxylic acids is 1. The van der Waals surface area contributed by atoms with Crippen molar-refractivity contribution in [2.45, 2.75) is 13.1 Å². The molecule has 0 radical (unpaired) electrons. The fourth-order valence-corrected chi connectivity index (χ4v) is 3.18. The molecule has 1 amide bonds. The highest BCUT2D eigenvalue weighted by Crippen LogP contribution is 2.20. The highest BCUT2D eigenvalue weighted by Gasteiger charge is 2.11. The molecule has 2 heterocycles. The van der Waals surface area contributed by atoms with Crippen molar-refractivity contribution in [3.63, 3.8) is 0 Å². The Morgan fingerprint density at radius 3 is 2.72 bits per heavy atom. The van der Waals surface area contributed by atoms with Crippen LogP contribution >= 0.6 is 11.6 Å². The van der Waals surface area contributed by atoms with E-state index in [2.05, 4.69) is 15.5 Å². The second kappa shape index (κ2) is 8.28. The average molecular weight is 410 g/mol. The molecule has 4 rings (SSSR count). The lowest BCUT2D eigenvalue weighted by atomic mass is 10.1. The zero-order valence-electron chi connectivity index (χ0n) is 15.3. The molecule has 146 valence electrons. The van der Waals surface area contributed by atoms with Crippen LogP contribution in [0.3, 0.4) is 0 Å². The molecule has 0 aliphatic carbocycles. The SMILES string of the molecule is O=C(Nc1cnn(Cc2c(F)cccc2Cl)c1)c1cccc(Cn2cccn2)c1. The third-order valence-corrected chi connectivity index (χ3v) is 4.72. The number of amides is 1. The lowest BCUT2D eigenvalue weighted by molar-refractivity contribution is 0.102. The van der Waals surface area contributed by atoms with Gasteiger partial charge in [0, 0.05) is 34.7 Å². The quantitative estimate of drug-likeness (QED) is 0.518. The number of aromatic nitrogens is 4. The lowest BCUT2D eigenvalue weighted by Gasteiger charge is -2.07. The van der Waals surface area contributed by atoms with Crippen LogP contribution in [-0.2, 0) is 13.1 Å². The van der Waals surface area contributed by atoms with Crippen molar-refractivity contribution in [1.82, 2.24) is 19.6 Å². The third-order valence-electron chi connectivity index (χ3n) is 4.37. The maximum Gasteiger partial charge on any atom is 0.255 e. The van der Waals surface area contributed by atoms with Gasteiger partial charge in [0.1, 0.15) is 5.82 Å². The summed E-state index contributed by atoms with van der Waals surface area (Å²) in [6.07, 6.45) is 6.72. The van der Waals surface area contributed by atoms with Gasteiger partial charge in [-0.25, -0.2) is 4.39 Å². The Morgan fingerprint density at radius 2 is 1.93 bits per heavy atom. The highest BCUT2D eigenvalue weighted by molar-refractivity contribution is 6.31. The molecule has 0 saturated carbocycles. The molecule has 1 N–H and O–H groups in total. The standard InChI is InChI=1S/C21H17ClFN5O/c22-19-6-2-7-20(23)18(19)14-28-13-17(11-25-28)26-21(29)16-5-1-4-15(10-16)12-27-9-3-8-24-27/h1-11,13H,12,14H2,(H,26,29). The highest BCUT2D eigenvalue weighted by atomic mass is 35.5. The van der Waals surface area contributed by atoms with Gasteiger partial charge < -0.3 is 5.32 Å². The summed E-state index contributed by atoms with van der Waals surface area (Å²) >= 11 is 6.06. The normalized spacial score (nSPS) is 10.8. The maximum atomic E-state index is 13.9. The van der Waals surface area contributed by atoms with Crippen LogP contribution in [0.2, 0.25) is 5.02 Å². The summed E-state index contributed by atoms with van der Waals surface area (Å²) in [5.74, 6) is -0.650. The monoisotopic (exact) mass is 409 g/mol. The van der Waals surface area contributed by atoms with Crippen molar-refractivity contribution in [3.8, 4) is 0 Å². The van der Waals surface area contributed by atoms with Crippen molar-refractivity contribution in [2.75, 3.05) is 5.32 Å². The molecular formula is C21H17ClFN5O. The molecule has 0 aliphatic rings. The van der Waals surface area contributed by atoms with Crippen LogP contribution in [0, 0.1) is 5.82 Å². The minimum atomic E-state index is -0.396. The van der Waals surface area contributed by atoms with E-state index in [4.69, 9.17) is 11.6 Å². The summed E-state index contributed by atoms with van der Waals surface area (Å²) in [4.78, 5) is 12.6. The molecule has 0 aliphatic heterocycles. The predicted octanol–water partition coefficient (Wildman–Crippen LogP) is 4.22. The van der Waals surface area contributed by atoms with E-state index in [0.717, 1.165) is 5.56 Å². The Hall–Kier alpha value is -3.45. The molecule has 0 unspecified atom stereocenters. The fraction of sp³-hybridized carbons (Fsp3) is 0.0952. The number of anilines is 1. The van der Waals surface area contributed by atoms with Crippen molar-refractivity contribution in [2.24, 2.45) is 0 Å². The minimum absolute atomic E-state index is 0.167. The summed E-state index contributed by atoms with van der Waals surface area (Å²) in [7, 11) is 0. The summed E-state index contributed by atoms with van der Waals surface area (Å²) in [5.41, 5.74) is 2.35. The molecule has 6 nitrogen and oxygen atoms in total. The Morgan fingerprint density at radius 1 is 1.07 bits per heavy atom. The number of rotatable bonds is 6. The second-order valence-corrected chi connectivity index (χ2v) is 6.89. The predicted molar refractivity (Wildman–Crippen MR) is 108 cm³/mol. The zero-order valence-corrected chi connectivity index (χ0v) is 16.1. The first-order valence-electron chi connectivity index (χ1n) is 8.91. The molecule has 0 atom stereocenters. The lowest BCUT2D eigenvalue weighted by Crippen LogP contribution is -2.12. The van der Waals surface area contributed by atoms with Gasteiger partial charge in [0.05, 0.1) is 25.0 Å². The number of nitrogens with zero attached hydrogens (tertiary/aromatic N) is 4. The Kier molecular flexibility index (Phi) is 5.39. The summed E-state index contributed by atoms with van der Waals surface area (Å²) < 4.78 is 17.3. The molecule has 2 aromatic heterocycles. The van der Waals surface area contributed by atoms with E-state index < -0.39 is 5.82 Å². The number of hydrogen-bond donors (Lipinski definition) is 1. The molecule has 29 heavy (non-hydrogen) atoms. The van der Waals surface area contributed by atoms with Gasteiger partial charge in [-0.05, 0) is 35.9 Å². The van der Waals surface area contributed by atoms with Gasteiger partial charge in [-0.2, -0.15) is 10.2 Å². The van der Waals surface area contributed by atoms with E-state index in [1.807, 2.05) is 30.5 Å². The molecule has 4 aromatic rings. The number of benzene rings is 2. The van der Waals surface area contributed by atoms with Crippen LogP contribution in [0.4, 0.5) is 10.1 Å². The van der Waals surface area contributed by atoms with E-state index in [0.29, 0.717) is 28.4 Å². The summed E-state index contributed by atoms with van der Waals surface area (Å²) in [6.45, 7) is 0.746. The first-order valence-corrected chi connectivity index (χ1v) is 9.29. The van der Waals surface area contributed by atoms with Crippen molar-refractivity contribution in [1.29, 1.82) is 0 Å². The molecule has 0 bridgehead atoms. The van der Waals surface area contributed by atoms with E-state index in [-0.39, 0.29) is 12.5 Å². The molecule has 2 aromatic carbocycles. The first kappa shape index (κ1) is 18.9. The zero-order chi connectivity index (χ0) is 20.2. The van der Waals surface area contributed by atoms with Crippen LogP contribution in [0.5, 0.6) is 0 Å². The Labute approximate surface area is 171 Å². The van der Waals surface area contributed by atoms with Crippen LogP contribution in [0.15, 0.2) is 73.3 Å². The van der Waals surface area contributed by atoms with Crippen molar-refractivity contribution < 1.29 is 9.18 Å². The maximum absolute atomic E-state index is 13.9. The Bertz CT molecular complexity index is 1120. The smallest absolute Gasteiger partial charge is 0.255 e. The van der Waals surface area contributed by atoms with Crippen LogP contribution < -0.4 is 5.32 Å². The van der Waals surface area contributed by atoms with Crippen molar-refractivity contribution >= 4 is 23.2 Å². The number of halogens is 2. The van der Waals surface area contributed by atoms with Gasteiger partial charge in [0.15, 0.2) is 0 Å². The first-order chi connectivity index (χ1) is 14.1. The van der Waals surface area contributed by atoms with Gasteiger partial charge in [0.2, 0.25) is 0 Å². The van der Waals surface area contributed by atoms with E-state index >= 15 is 0 Å². The van der Waals surface area contributed by atoms with Gasteiger partial charge in [-0.15, -0.1) is 0 Å². The van der Waals surface area contributed by atoms with Crippen LogP contribution in [0.1, 0.15) is 21.5 Å². The summed E-state index contributed by atoms with van der Waals surface area (Å²) in [6, 6.07) is 13.7. The van der Waals surface area contributed by atoms with Gasteiger partial charge in [0.25, 0.3) is 5.91 Å². The van der Waals surface area contributed by atoms with Gasteiger partial charge in [-0.1, -0.05) is 29.8 Å².